The number of carbonyl (C=O) groups is 1. The quantitative estimate of drug-likeness (QED) is 0.241. The summed E-state index contributed by atoms with van der Waals surface area (Å²) in [5.74, 6) is -0.246. The molecule has 1 aliphatic carbocycles. The first-order valence-corrected chi connectivity index (χ1v) is 13.4. The smallest absolute Gasteiger partial charge is 0.419 e. The van der Waals surface area contributed by atoms with E-state index in [1.807, 2.05) is 12.1 Å². The molecule has 0 radical (unpaired) electrons. The van der Waals surface area contributed by atoms with E-state index in [1.165, 1.54) is 17.7 Å². The minimum absolute atomic E-state index is 0.286. The Balaban J connectivity index is 1.51. The summed E-state index contributed by atoms with van der Waals surface area (Å²) in [7, 11) is 0. The lowest BCUT2D eigenvalue weighted by molar-refractivity contribution is -0.138. The molecule has 0 unspecified atom stereocenters. The first kappa shape index (κ1) is 27.1. The minimum Gasteiger partial charge on any atom is -0.507 e. The van der Waals surface area contributed by atoms with Gasteiger partial charge in [-0.05, 0) is 95.2 Å². The highest BCUT2D eigenvalue weighted by Crippen LogP contribution is 2.43. The van der Waals surface area contributed by atoms with Crippen molar-refractivity contribution in [3.63, 3.8) is 0 Å². The monoisotopic (exact) mass is 537 g/mol. The van der Waals surface area contributed by atoms with Crippen molar-refractivity contribution in [1.29, 1.82) is 0 Å². The van der Waals surface area contributed by atoms with E-state index in [4.69, 9.17) is 0 Å². The Morgan fingerprint density at radius 3 is 2.36 bits per heavy atom. The van der Waals surface area contributed by atoms with Gasteiger partial charge < -0.3 is 10.0 Å². The van der Waals surface area contributed by atoms with Gasteiger partial charge >= 0.3 is 6.18 Å². The number of aryl methyl sites for hydroxylation is 1. The van der Waals surface area contributed by atoms with E-state index in [2.05, 4.69) is 29.2 Å². The maximum absolute atomic E-state index is 13.3. The first-order valence-electron chi connectivity index (χ1n) is 13.4. The topological polar surface area (TPSA) is 40.5 Å². The number of halogens is 4. The molecule has 1 N–H and O–H groups in total. The Labute approximate surface area is 225 Å². The van der Waals surface area contributed by atoms with Crippen molar-refractivity contribution >= 4 is 17.4 Å². The maximum Gasteiger partial charge on any atom is 0.419 e. The molecule has 1 heterocycles. The molecule has 1 fully saturated rings. The average molecular weight is 538 g/mol. The predicted octanol–water partition coefficient (Wildman–Crippen LogP) is 7.35. The number of phenolic OH excluding ortho intramolecular Hbond substituents is 1. The zero-order valence-corrected chi connectivity index (χ0v) is 21.6. The predicted molar refractivity (Wildman–Crippen MR) is 144 cm³/mol. The van der Waals surface area contributed by atoms with Gasteiger partial charge in [-0.15, -0.1) is 0 Å². The van der Waals surface area contributed by atoms with Gasteiger partial charge in [-0.2, -0.15) is 13.2 Å². The first-order chi connectivity index (χ1) is 18.8. The van der Waals surface area contributed by atoms with Crippen LogP contribution in [0.3, 0.4) is 0 Å². The van der Waals surface area contributed by atoms with Crippen LogP contribution < -0.4 is 0 Å². The Kier molecular flexibility index (Phi) is 7.89. The van der Waals surface area contributed by atoms with Crippen LogP contribution in [0.1, 0.15) is 63.0 Å². The molecule has 5 rings (SSSR count). The zero-order valence-electron chi connectivity index (χ0n) is 21.6. The lowest BCUT2D eigenvalue weighted by atomic mass is 9.86. The average Bonchev–Trinajstić information content (AvgIpc) is 3.08. The molecule has 0 aromatic heterocycles. The number of benzene rings is 3. The number of aromatic hydroxyl groups is 1. The van der Waals surface area contributed by atoms with Crippen LogP contribution in [0.4, 0.5) is 17.6 Å². The van der Waals surface area contributed by atoms with Crippen LogP contribution in [-0.4, -0.2) is 42.6 Å². The SMILES string of the molecule is O=Cc1ccc2c(c1)CCCC(c1ccc(C(F)(F)F)c(O)c1)=C2c1ccc(CC2CN(CCCF)C2)cc1. The van der Waals surface area contributed by atoms with E-state index in [0.29, 0.717) is 29.9 Å². The fraction of sp³-hybridized carbons (Fsp3) is 0.344. The highest BCUT2D eigenvalue weighted by molar-refractivity contribution is 6.00. The second-order valence-corrected chi connectivity index (χ2v) is 10.5. The van der Waals surface area contributed by atoms with Crippen molar-refractivity contribution in [2.45, 2.75) is 38.3 Å². The van der Waals surface area contributed by atoms with Crippen LogP contribution >= 0.6 is 0 Å². The zero-order chi connectivity index (χ0) is 27.6. The maximum atomic E-state index is 13.3. The number of hydrogen-bond donors (Lipinski definition) is 1. The fourth-order valence-electron chi connectivity index (χ4n) is 5.87. The van der Waals surface area contributed by atoms with Crippen molar-refractivity contribution in [3.05, 3.63) is 99.6 Å². The summed E-state index contributed by atoms with van der Waals surface area (Å²) in [6.45, 7) is 2.46. The number of phenols is 1. The van der Waals surface area contributed by atoms with Crippen molar-refractivity contribution in [2.24, 2.45) is 5.92 Å². The van der Waals surface area contributed by atoms with Gasteiger partial charge in [-0.1, -0.05) is 42.5 Å². The van der Waals surface area contributed by atoms with Gasteiger partial charge in [-0.25, -0.2) is 0 Å². The lowest BCUT2D eigenvalue weighted by Crippen LogP contribution is -2.47. The molecule has 39 heavy (non-hydrogen) atoms. The minimum atomic E-state index is -4.64. The van der Waals surface area contributed by atoms with Gasteiger partial charge in [0.2, 0.25) is 0 Å². The van der Waals surface area contributed by atoms with Crippen molar-refractivity contribution in [1.82, 2.24) is 4.90 Å². The molecule has 3 aromatic carbocycles. The van der Waals surface area contributed by atoms with E-state index in [-0.39, 0.29) is 6.67 Å². The third kappa shape index (κ3) is 5.93. The molecule has 0 saturated carbocycles. The third-order valence-electron chi connectivity index (χ3n) is 7.77. The highest BCUT2D eigenvalue weighted by atomic mass is 19.4. The van der Waals surface area contributed by atoms with Crippen LogP contribution in [0.2, 0.25) is 0 Å². The van der Waals surface area contributed by atoms with Crippen LogP contribution in [0.15, 0.2) is 60.7 Å². The second-order valence-electron chi connectivity index (χ2n) is 10.5. The molecule has 0 amide bonds. The number of likely N-dealkylation sites (tertiary alicyclic amines) is 1. The van der Waals surface area contributed by atoms with Crippen LogP contribution in [0.25, 0.3) is 11.1 Å². The molecule has 0 bridgehead atoms. The summed E-state index contributed by atoms with van der Waals surface area (Å²) in [5.41, 5.74) is 5.96. The van der Waals surface area contributed by atoms with E-state index >= 15 is 0 Å². The molecule has 204 valence electrons. The van der Waals surface area contributed by atoms with E-state index < -0.39 is 17.5 Å². The number of hydrogen-bond acceptors (Lipinski definition) is 3. The van der Waals surface area contributed by atoms with E-state index in [1.54, 1.807) is 6.07 Å². The van der Waals surface area contributed by atoms with Gasteiger partial charge in [-0.3, -0.25) is 9.18 Å². The van der Waals surface area contributed by atoms with E-state index in [0.717, 1.165) is 79.1 Å². The molecule has 0 spiro atoms. The van der Waals surface area contributed by atoms with Crippen LogP contribution in [-0.2, 0) is 19.0 Å². The number of allylic oxidation sites excluding steroid dienone is 1. The molecular weight excluding hydrogens is 506 g/mol. The summed E-state index contributed by atoms with van der Waals surface area (Å²) >= 11 is 0. The van der Waals surface area contributed by atoms with Gasteiger partial charge in [0, 0.05) is 25.2 Å². The molecule has 1 saturated heterocycles. The molecule has 3 aromatic rings. The number of rotatable bonds is 8. The van der Waals surface area contributed by atoms with Gasteiger partial charge in [0.1, 0.15) is 12.0 Å². The standard InChI is InChI=1S/C32H31F4NO2/c33-13-2-14-37-18-23(19-37)15-21-5-8-24(9-6-21)31-27(26-10-12-29(30(39)17-26)32(34,35)36)4-1-3-25-16-22(20-38)7-11-28(25)31/h5-12,16-17,20,23,39H,1-4,13-15,18-19H2. The fourth-order valence-corrected chi connectivity index (χ4v) is 5.87. The van der Waals surface area contributed by atoms with Gasteiger partial charge in [0.25, 0.3) is 0 Å². The molecule has 3 nitrogen and oxygen atoms in total. The molecule has 1 aliphatic heterocycles. The van der Waals surface area contributed by atoms with Gasteiger partial charge in [0.05, 0.1) is 12.2 Å². The Bertz CT molecular complexity index is 1370. The largest absolute Gasteiger partial charge is 0.507 e. The third-order valence-corrected chi connectivity index (χ3v) is 7.77. The summed E-state index contributed by atoms with van der Waals surface area (Å²) in [6.07, 6.45) is -0.206. The summed E-state index contributed by atoms with van der Waals surface area (Å²) in [5, 5.41) is 10.3. The molecule has 7 heteroatoms. The van der Waals surface area contributed by atoms with Crippen LogP contribution in [0, 0.1) is 5.92 Å². The molecule has 2 aliphatic rings. The Hall–Kier alpha value is -3.45. The molecule has 0 atom stereocenters. The summed E-state index contributed by atoms with van der Waals surface area (Å²) < 4.78 is 52.4. The summed E-state index contributed by atoms with van der Waals surface area (Å²) in [4.78, 5) is 13.7. The van der Waals surface area contributed by atoms with Crippen molar-refractivity contribution < 1.29 is 27.5 Å². The number of aldehydes is 1. The number of nitrogens with zero attached hydrogens (tertiary/aromatic N) is 1. The summed E-state index contributed by atoms with van der Waals surface area (Å²) in [6, 6.07) is 17.4. The highest BCUT2D eigenvalue weighted by Gasteiger charge is 2.34. The van der Waals surface area contributed by atoms with Gasteiger partial charge in [0.15, 0.2) is 0 Å². The van der Waals surface area contributed by atoms with E-state index in [9.17, 15) is 27.5 Å². The Morgan fingerprint density at radius 1 is 0.949 bits per heavy atom. The normalized spacial score (nSPS) is 16.5. The second kappa shape index (κ2) is 11.3. The van der Waals surface area contributed by atoms with Crippen molar-refractivity contribution in [3.8, 4) is 5.75 Å². The Morgan fingerprint density at radius 2 is 1.69 bits per heavy atom. The van der Waals surface area contributed by atoms with Crippen LogP contribution in [0.5, 0.6) is 5.75 Å². The number of alkyl halides is 4. The number of carbonyl (C=O) groups excluding carboxylic acids is 1. The van der Waals surface area contributed by atoms with Crippen molar-refractivity contribution in [2.75, 3.05) is 26.3 Å². The molecular formula is C32H31F4NO2. The number of fused-ring (bicyclic) bond motifs is 1. The lowest BCUT2D eigenvalue weighted by Gasteiger charge is -2.39.